The van der Waals surface area contributed by atoms with Crippen LogP contribution in [0.5, 0.6) is 0 Å². The maximum absolute atomic E-state index is 13.4. The van der Waals surface area contributed by atoms with Crippen molar-refractivity contribution in [3.8, 4) is 0 Å². The Morgan fingerprint density at radius 3 is 2.82 bits per heavy atom. The van der Waals surface area contributed by atoms with Crippen LogP contribution in [0.4, 0.5) is 10.3 Å². The zero-order chi connectivity index (χ0) is 12.6. The second-order valence-corrected chi connectivity index (χ2v) is 5.03. The van der Waals surface area contributed by atoms with Crippen molar-refractivity contribution in [1.82, 2.24) is 14.5 Å². The Morgan fingerprint density at radius 2 is 2.18 bits per heavy atom. The quantitative estimate of drug-likeness (QED) is 0.944. The van der Waals surface area contributed by atoms with Gasteiger partial charge in [-0.05, 0) is 36.1 Å². The number of imidazole rings is 1. The third-order valence-electron chi connectivity index (χ3n) is 2.59. The third-order valence-corrected chi connectivity index (χ3v) is 3.20. The third kappa shape index (κ3) is 2.42. The molecule has 0 unspecified atom stereocenters. The van der Waals surface area contributed by atoms with Crippen LogP contribution < -0.4 is 5.73 Å². The van der Waals surface area contributed by atoms with E-state index >= 15 is 0 Å². The first-order chi connectivity index (χ1) is 7.99. The normalized spacial score (nSPS) is 11.6. The van der Waals surface area contributed by atoms with Gasteiger partial charge in [-0.1, -0.05) is 0 Å². The number of anilines is 1. The molecule has 1 heterocycles. The minimum atomic E-state index is -0.324. The predicted molar refractivity (Wildman–Crippen MR) is 70.4 cm³/mol. The fourth-order valence-corrected chi connectivity index (χ4v) is 2.01. The van der Waals surface area contributed by atoms with E-state index in [0.717, 1.165) is 18.6 Å². The lowest BCUT2D eigenvalue weighted by Gasteiger charge is -2.11. The van der Waals surface area contributed by atoms with Gasteiger partial charge >= 0.3 is 0 Å². The van der Waals surface area contributed by atoms with Crippen LogP contribution in [0, 0.1) is 5.82 Å². The Bertz CT molecular complexity index is 550. The number of rotatable bonds is 3. The maximum Gasteiger partial charge on any atom is 0.201 e. The highest BCUT2D eigenvalue weighted by Crippen LogP contribution is 2.24. The minimum absolute atomic E-state index is 0.324. The summed E-state index contributed by atoms with van der Waals surface area (Å²) >= 11 is 3.17. The number of hydrogen-bond acceptors (Lipinski definition) is 3. The standard InChI is InChI=1S/C11H14BrFN4/c1-16(2)3-4-17-10-5-7(12)8(13)6-9(10)15-11(17)14/h5-6H,3-4H2,1-2H3,(H2,14,15). The largest absolute Gasteiger partial charge is 0.369 e. The van der Waals surface area contributed by atoms with Gasteiger partial charge in [0, 0.05) is 19.2 Å². The molecule has 1 aromatic carbocycles. The fourth-order valence-electron chi connectivity index (χ4n) is 1.67. The Morgan fingerprint density at radius 1 is 1.47 bits per heavy atom. The first-order valence-electron chi connectivity index (χ1n) is 5.24. The molecule has 0 radical (unpaired) electrons. The molecule has 0 aliphatic heterocycles. The minimum Gasteiger partial charge on any atom is -0.369 e. The number of fused-ring (bicyclic) bond motifs is 1. The smallest absolute Gasteiger partial charge is 0.201 e. The molecule has 17 heavy (non-hydrogen) atoms. The van der Waals surface area contributed by atoms with Crippen molar-refractivity contribution in [2.45, 2.75) is 6.54 Å². The lowest BCUT2D eigenvalue weighted by atomic mass is 10.3. The predicted octanol–water partition coefficient (Wildman–Crippen LogP) is 2.08. The van der Waals surface area contributed by atoms with E-state index in [4.69, 9.17) is 5.73 Å². The van der Waals surface area contributed by atoms with Crippen molar-refractivity contribution in [3.05, 3.63) is 22.4 Å². The lowest BCUT2D eigenvalue weighted by molar-refractivity contribution is 0.387. The monoisotopic (exact) mass is 300 g/mol. The van der Waals surface area contributed by atoms with Crippen LogP contribution in [-0.2, 0) is 6.54 Å². The van der Waals surface area contributed by atoms with Gasteiger partial charge in [-0.25, -0.2) is 9.37 Å². The topological polar surface area (TPSA) is 47.1 Å². The van der Waals surface area contributed by atoms with Gasteiger partial charge in [-0.3, -0.25) is 0 Å². The van der Waals surface area contributed by atoms with E-state index in [-0.39, 0.29) is 5.82 Å². The molecule has 0 saturated heterocycles. The average molecular weight is 301 g/mol. The molecule has 4 nitrogen and oxygen atoms in total. The van der Waals surface area contributed by atoms with Crippen molar-refractivity contribution in [3.63, 3.8) is 0 Å². The summed E-state index contributed by atoms with van der Waals surface area (Å²) in [5, 5.41) is 0. The van der Waals surface area contributed by atoms with Crippen molar-refractivity contribution in [1.29, 1.82) is 0 Å². The second kappa shape index (κ2) is 4.62. The molecule has 0 spiro atoms. The number of aromatic nitrogens is 2. The van der Waals surface area contributed by atoms with E-state index in [1.54, 1.807) is 6.07 Å². The van der Waals surface area contributed by atoms with E-state index < -0.39 is 0 Å². The molecule has 0 saturated carbocycles. The molecule has 0 amide bonds. The average Bonchev–Trinajstić information content (AvgIpc) is 2.52. The summed E-state index contributed by atoms with van der Waals surface area (Å²) in [7, 11) is 3.98. The van der Waals surface area contributed by atoms with E-state index in [2.05, 4.69) is 25.8 Å². The van der Waals surface area contributed by atoms with Gasteiger partial charge in [0.1, 0.15) is 5.82 Å². The summed E-state index contributed by atoms with van der Waals surface area (Å²) in [6.07, 6.45) is 0. The highest BCUT2D eigenvalue weighted by atomic mass is 79.9. The molecule has 2 rings (SSSR count). The zero-order valence-electron chi connectivity index (χ0n) is 9.74. The van der Waals surface area contributed by atoms with Gasteiger partial charge < -0.3 is 15.2 Å². The summed E-state index contributed by atoms with van der Waals surface area (Å²) in [5.41, 5.74) is 7.27. The van der Waals surface area contributed by atoms with Gasteiger partial charge in [0.2, 0.25) is 5.95 Å². The Balaban J connectivity index is 2.47. The molecule has 0 aliphatic carbocycles. The molecule has 2 N–H and O–H groups in total. The van der Waals surface area contributed by atoms with Gasteiger partial charge in [0.15, 0.2) is 0 Å². The molecule has 1 aromatic heterocycles. The molecule has 6 heteroatoms. The molecule has 92 valence electrons. The molecular weight excluding hydrogens is 287 g/mol. The summed E-state index contributed by atoms with van der Waals surface area (Å²) in [6.45, 7) is 1.58. The molecule has 0 bridgehead atoms. The number of benzene rings is 1. The number of nitrogens with zero attached hydrogens (tertiary/aromatic N) is 3. The van der Waals surface area contributed by atoms with Crippen molar-refractivity contribution in [2.75, 3.05) is 26.4 Å². The van der Waals surface area contributed by atoms with Crippen LogP contribution >= 0.6 is 15.9 Å². The van der Waals surface area contributed by atoms with Gasteiger partial charge in [0.25, 0.3) is 0 Å². The number of nitrogen functional groups attached to an aromatic ring is 1. The van der Waals surface area contributed by atoms with E-state index in [1.807, 2.05) is 18.7 Å². The van der Waals surface area contributed by atoms with Crippen LogP contribution in [0.15, 0.2) is 16.6 Å². The highest BCUT2D eigenvalue weighted by molar-refractivity contribution is 9.10. The van der Waals surface area contributed by atoms with E-state index in [0.29, 0.717) is 15.9 Å². The van der Waals surface area contributed by atoms with E-state index in [1.165, 1.54) is 6.07 Å². The summed E-state index contributed by atoms with van der Waals surface area (Å²) < 4.78 is 15.7. The Kier molecular flexibility index (Phi) is 3.35. The number of nitrogens with two attached hydrogens (primary N) is 1. The second-order valence-electron chi connectivity index (χ2n) is 4.18. The van der Waals surface area contributed by atoms with Crippen molar-refractivity contribution < 1.29 is 4.39 Å². The number of likely N-dealkylation sites (N-methyl/N-ethyl adjacent to an activating group) is 1. The maximum atomic E-state index is 13.4. The first-order valence-corrected chi connectivity index (χ1v) is 6.04. The van der Waals surface area contributed by atoms with Crippen LogP contribution in [-0.4, -0.2) is 35.1 Å². The van der Waals surface area contributed by atoms with E-state index in [9.17, 15) is 4.39 Å². The van der Waals surface area contributed by atoms with Crippen LogP contribution in [0.25, 0.3) is 11.0 Å². The summed E-state index contributed by atoms with van der Waals surface area (Å²) in [5.74, 6) is 0.0918. The highest BCUT2D eigenvalue weighted by Gasteiger charge is 2.11. The zero-order valence-corrected chi connectivity index (χ0v) is 11.3. The van der Waals surface area contributed by atoms with Gasteiger partial charge in [-0.15, -0.1) is 0 Å². The van der Waals surface area contributed by atoms with Crippen LogP contribution in [0.3, 0.4) is 0 Å². The van der Waals surface area contributed by atoms with Gasteiger partial charge in [-0.2, -0.15) is 0 Å². The van der Waals surface area contributed by atoms with Crippen LogP contribution in [0.1, 0.15) is 0 Å². The SMILES string of the molecule is CN(C)CCn1c(N)nc2cc(F)c(Br)cc21. The summed E-state index contributed by atoms with van der Waals surface area (Å²) in [4.78, 5) is 6.21. The van der Waals surface area contributed by atoms with Gasteiger partial charge in [0.05, 0.1) is 15.5 Å². The van der Waals surface area contributed by atoms with Crippen molar-refractivity contribution in [2.24, 2.45) is 0 Å². The molecule has 0 aliphatic rings. The molecular formula is C11H14BrFN4. The first kappa shape index (κ1) is 12.3. The number of hydrogen-bond donors (Lipinski definition) is 1. The summed E-state index contributed by atoms with van der Waals surface area (Å²) in [6, 6.07) is 3.10. The van der Waals surface area contributed by atoms with Crippen molar-refractivity contribution >= 4 is 32.9 Å². The lowest BCUT2D eigenvalue weighted by Crippen LogP contribution is -2.19. The Hall–Kier alpha value is -1.14. The van der Waals surface area contributed by atoms with Crippen LogP contribution in [0.2, 0.25) is 0 Å². The molecule has 2 aromatic rings. The number of halogens is 2. The fraction of sp³-hybridized carbons (Fsp3) is 0.364. The Labute approximate surface area is 107 Å². The molecule has 0 fully saturated rings. The molecule has 0 atom stereocenters.